The van der Waals surface area contributed by atoms with Crippen LogP contribution < -0.4 is 5.32 Å². The van der Waals surface area contributed by atoms with Crippen molar-refractivity contribution in [3.63, 3.8) is 0 Å². The number of amides is 1. The third-order valence-corrected chi connectivity index (χ3v) is 3.80. The van der Waals surface area contributed by atoms with Crippen LogP contribution in [0, 0.1) is 25.5 Å². The standard InChI is InChI=1S/C18H15F2N3O/c1-11-14(4-3-5-15(11)19)18(24)22-13-6-7-17(16(20)10-13)23-9-8-21-12(23)2/h3-10H,1-2H3,(H,22,24). The minimum absolute atomic E-state index is 0.213. The van der Waals surface area contributed by atoms with Crippen LogP contribution in [0.15, 0.2) is 48.8 Å². The summed E-state index contributed by atoms with van der Waals surface area (Å²) in [4.78, 5) is 16.3. The molecule has 0 bridgehead atoms. The molecule has 3 aromatic rings. The lowest BCUT2D eigenvalue weighted by atomic mass is 10.1. The van der Waals surface area contributed by atoms with Crippen molar-refractivity contribution in [2.45, 2.75) is 13.8 Å². The van der Waals surface area contributed by atoms with E-state index < -0.39 is 17.5 Å². The van der Waals surface area contributed by atoms with Crippen LogP contribution in [0.2, 0.25) is 0 Å². The minimum Gasteiger partial charge on any atom is -0.322 e. The van der Waals surface area contributed by atoms with Gasteiger partial charge in [0.15, 0.2) is 0 Å². The number of benzene rings is 2. The second kappa shape index (κ2) is 6.23. The van der Waals surface area contributed by atoms with E-state index in [0.717, 1.165) is 0 Å². The zero-order valence-electron chi connectivity index (χ0n) is 13.2. The fourth-order valence-electron chi connectivity index (χ4n) is 2.46. The SMILES string of the molecule is Cc1c(F)cccc1C(=O)Nc1ccc(-n2ccnc2C)c(F)c1. The Bertz CT molecular complexity index is 918. The Hall–Kier alpha value is -3.02. The quantitative estimate of drug-likeness (QED) is 0.790. The van der Waals surface area contributed by atoms with Crippen molar-refractivity contribution < 1.29 is 13.6 Å². The summed E-state index contributed by atoms with van der Waals surface area (Å²) >= 11 is 0. The van der Waals surface area contributed by atoms with Crippen molar-refractivity contribution in [1.29, 1.82) is 0 Å². The number of halogens is 2. The fraction of sp³-hybridized carbons (Fsp3) is 0.111. The molecule has 0 unspecified atom stereocenters. The molecule has 24 heavy (non-hydrogen) atoms. The normalized spacial score (nSPS) is 10.7. The molecule has 1 amide bonds. The van der Waals surface area contributed by atoms with Crippen LogP contribution in [-0.4, -0.2) is 15.5 Å². The van der Waals surface area contributed by atoms with Gasteiger partial charge in [-0.3, -0.25) is 4.79 Å². The molecule has 0 saturated carbocycles. The zero-order valence-corrected chi connectivity index (χ0v) is 13.2. The first-order chi connectivity index (χ1) is 11.5. The molecule has 0 spiro atoms. The topological polar surface area (TPSA) is 46.9 Å². The van der Waals surface area contributed by atoms with E-state index >= 15 is 0 Å². The third kappa shape index (κ3) is 2.90. The van der Waals surface area contributed by atoms with Gasteiger partial charge in [-0.2, -0.15) is 0 Å². The highest BCUT2D eigenvalue weighted by atomic mass is 19.1. The summed E-state index contributed by atoms with van der Waals surface area (Å²) in [6.07, 6.45) is 3.24. The molecule has 0 fully saturated rings. The van der Waals surface area contributed by atoms with Crippen molar-refractivity contribution in [2.24, 2.45) is 0 Å². The van der Waals surface area contributed by atoms with Gasteiger partial charge in [0, 0.05) is 23.6 Å². The third-order valence-electron chi connectivity index (χ3n) is 3.80. The van der Waals surface area contributed by atoms with E-state index in [1.54, 1.807) is 36.0 Å². The number of aromatic nitrogens is 2. The Morgan fingerprint density at radius 1 is 1.12 bits per heavy atom. The molecule has 1 heterocycles. The molecule has 0 saturated heterocycles. The highest BCUT2D eigenvalue weighted by Crippen LogP contribution is 2.21. The number of anilines is 1. The molecule has 1 N–H and O–H groups in total. The van der Waals surface area contributed by atoms with Crippen molar-refractivity contribution in [1.82, 2.24) is 9.55 Å². The number of carbonyl (C=O) groups excluding carboxylic acids is 1. The van der Waals surface area contributed by atoms with Gasteiger partial charge in [0.2, 0.25) is 0 Å². The van der Waals surface area contributed by atoms with Crippen molar-refractivity contribution in [3.8, 4) is 5.69 Å². The minimum atomic E-state index is -0.495. The Labute approximate surface area is 137 Å². The molecule has 6 heteroatoms. The van der Waals surface area contributed by atoms with Crippen LogP contribution in [0.3, 0.4) is 0 Å². The van der Waals surface area contributed by atoms with Gasteiger partial charge in [-0.05, 0) is 49.7 Å². The van der Waals surface area contributed by atoms with Gasteiger partial charge < -0.3 is 9.88 Å². The second-order valence-electron chi connectivity index (χ2n) is 5.38. The van der Waals surface area contributed by atoms with Gasteiger partial charge in [0.1, 0.15) is 17.5 Å². The number of rotatable bonds is 3. The average Bonchev–Trinajstić information content (AvgIpc) is 2.96. The lowest BCUT2D eigenvalue weighted by molar-refractivity contribution is 0.102. The summed E-state index contributed by atoms with van der Waals surface area (Å²) in [5.74, 6) is -0.788. The molecule has 1 aromatic heterocycles. The largest absolute Gasteiger partial charge is 0.322 e. The molecule has 2 aromatic carbocycles. The molecule has 0 aliphatic rings. The molecule has 0 aliphatic heterocycles. The van der Waals surface area contributed by atoms with Crippen LogP contribution in [0.4, 0.5) is 14.5 Å². The molecule has 4 nitrogen and oxygen atoms in total. The first kappa shape index (κ1) is 15.9. The first-order valence-corrected chi connectivity index (χ1v) is 7.33. The fourth-order valence-corrected chi connectivity index (χ4v) is 2.46. The summed E-state index contributed by atoms with van der Waals surface area (Å²) in [7, 11) is 0. The number of carbonyl (C=O) groups is 1. The van der Waals surface area contributed by atoms with Crippen molar-refractivity contribution >= 4 is 11.6 Å². The Kier molecular flexibility index (Phi) is 4.12. The highest BCUT2D eigenvalue weighted by Gasteiger charge is 2.13. The smallest absolute Gasteiger partial charge is 0.256 e. The number of aryl methyl sites for hydroxylation is 1. The van der Waals surface area contributed by atoms with E-state index in [4.69, 9.17) is 0 Å². The zero-order chi connectivity index (χ0) is 17.3. The predicted octanol–water partition coefficient (Wildman–Crippen LogP) is 4.02. The Morgan fingerprint density at radius 2 is 1.92 bits per heavy atom. The lowest BCUT2D eigenvalue weighted by Gasteiger charge is -2.11. The predicted molar refractivity (Wildman–Crippen MR) is 87.3 cm³/mol. The molecular weight excluding hydrogens is 312 g/mol. The van der Waals surface area contributed by atoms with E-state index in [1.165, 1.54) is 31.2 Å². The monoisotopic (exact) mass is 327 g/mol. The average molecular weight is 327 g/mol. The first-order valence-electron chi connectivity index (χ1n) is 7.33. The van der Waals surface area contributed by atoms with Crippen LogP contribution in [0.1, 0.15) is 21.7 Å². The molecule has 0 aliphatic carbocycles. The van der Waals surface area contributed by atoms with Gasteiger partial charge in [-0.25, -0.2) is 13.8 Å². The highest BCUT2D eigenvalue weighted by molar-refractivity contribution is 6.05. The summed E-state index contributed by atoms with van der Waals surface area (Å²) in [6, 6.07) is 8.63. The van der Waals surface area contributed by atoms with Gasteiger partial charge in [-0.1, -0.05) is 6.07 Å². The van der Waals surface area contributed by atoms with E-state index in [1.807, 2.05) is 0 Å². The number of hydrogen-bond donors (Lipinski definition) is 1. The van der Waals surface area contributed by atoms with Crippen LogP contribution in [0.5, 0.6) is 0 Å². The molecule has 3 rings (SSSR count). The second-order valence-corrected chi connectivity index (χ2v) is 5.38. The summed E-state index contributed by atoms with van der Waals surface area (Å²) < 4.78 is 29.5. The maximum Gasteiger partial charge on any atom is 0.256 e. The maximum absolute atomic E-state index is 14.3. The molecular formula is C18H15F2N3O. The number of nitrogens with zero attached hydrogens (tertiary/aromatic N) is 2. The van der Waals surface area contributed by atoms with Crippen molar-refractivity contribution in [3.05, 3.63) is 77.4 Å². The maximum atomic E-state index is 14.3. The van der Waals surface area contributed by atoms with Crippen LogP contribution in [0.25, 0.3) is 5.69 Å². The molecule has 0 radical (unpaired) electrons. The van der Waals surface area contributed by atoms with E-state index in [9.17, 15) is 13.6 Å². The Morgan fingerprint density at radius 3 is 2.58 bits per heavy atom. The van der Waals surface area contributed by atoms with Gasteiger partial charge in [0.05, 0.1) is 5.69 Å². The van der Waals surface area contributed by atoms with Gasteiger partial charge in [0.25, 0.3) is 5.91 Å². The number of hydrogen-bond acceptors (Lipinski definition) is 2. The summed E-state index contributed by atoms with van der Waals surface area (Å²) in [6.45, 7) is 3.29. The van der Waals surface area contributed by atoms with E-state index in [2.05, 4.69) is 10.3 Å². The van der Waals surface area contributed by atoms with Gasteiger partial charge >= 0.3 is 0 Å². The van der Waals surface area contributed by atoms with Crippen LogP contribution >= 0.6 is 0 Å². The van der Waals surface area contributed by atoms with Crippen molar-refractivity contribution in [2.75, 3.05) is 5.32 Å². The van der Waals surface area contributed by atoms with Gasteiger partial charge in [-0.15, -0.1) is 0 Å². The lowest BCUT2D eigenvalue weighted by Crippen LogP contribution is -2.14. The number of nitrogens with one attached hydrogen (secondary N) is 1. The van der Waals surface area contributed by atoms with Crippen LogP contribution in [-0.2, 0) is 0 Å². The molecule has 0 atom stereocenters. The number of imidazole rings is 1. The summed E-state index contributed by atoms with van der Waals surface area (Å²) in [5.41, 5.74) is 1.10. The van der Waals surface area contributed by atoms with E-state index in [0.29, 0.717) is 17.2 Å². The summed E-state index contributed by atoms with van der Waals surface area (Å²) in [5, 5.41) is 2.58. The molecule has 122 valence electrons. The Balaban J connectivity index is 1.86. The van der Waals surface area contributed by atoms with E-state index in [-0.39, 0.29) is 11.1 Å².